The van der Waals surface area contributed by atoms with Crippen LogP contribution in [-0.2, 0) is 14.4 Å². The van der Waals surface area contributed by atoms with Crippen LogP contribution in [0.15, 0.2) is 0 Å². The van der Waals surface area contributed by atoms with Gasteiger partial charge in [0.05, 0.1) is 0 Å². The highest BCUT2D eigenvalue weighted by Crippen LogP contribution is 2.23. The zero-order chi connectivity index (χ0) is 15.0. The number of carbonyl (C=O) groups is 3. The van der Waals surface area contributed by atoms with Crippen LogP contribution in [0.3, 0.4) is 0 Å². The molecule has 0 spiro atoms. The first-order chi connectivity index (χ1) is 9.50. The fourth-order valence-electron chi connectivity index (χ4n) is 2.48. The van der Waals surface area contributed by atoms with Crippen LogP contribution < -0.4 is 10.6 Å². The molecular weight excluding hydrogens is 260 g/mol. The molecule has 0 bridgehead atoms. The molecule has 0 unspecified atom stereocenters. The number of carbonyl (C=O) groups excluding carboxylic acids is 2. The van der Waals surface area contributed by atoms with E-state index in [1.165, 1.54) is 6.92 Å². The molecule has 0 radical (unpaired) electrons. The van der Waals surface area contributed by atoms with Gasteiger partial charge in [-0.25, -0.2) is 4.79 Å². The Hall–Kier alpha value is -1.59. The smallest absolute Gasteiger partial charge is 0.326 e. The van der Waals surface area contributed by atoms with Crippen LogP contribution in [0.2, 0.25) is 0 Å². The molecule has 0 aliphatic heterocycles. The number of carboxylic acids is 1. The number of hydrogen-bond donors (Lipinski definition) is 3. The van der Waals surface area contributed by atoms with Gasteiger partial charge in [-0.15, -0.1) is 0 Å². The molecule has 2 amide bonds. The topological polar surface area (TPSA) is 95.5 Å². The highest BCUT2D eigenvalue weighted by Gasteiger charge is 2.26. The first-order valence-electron chi connectivity index (χ1n) is 7.28. The maximum Gasteiger partial charge on any atom is 0.326 e. The molecule has 1 aliphatic carbocycles. The predicted molar refractivity (Wildman–Crippen MR) is 74.1 cm³/mol. The Kier molecular flexibility index (Phi) is 7.04. The van der Waals surface area contributed by atoms with E-state index in [1.54, 1.807) is 0 Å². The highest BCUT2D eigenvalue weighted by molar-refractivity contribution is 5.85. The molecule has 0 aromatic rings. The first kappa shape index (κ1) is 16.5. The molecule has 0 saturated heterocycles. The predicted octanol–water partition coefficient (Wildman–Crippen LogP) is 1.05. The van der Waals surface area contributed by atoms with Crippen molar-refractivity contribution in [3.8, 4) is 0 Å². The number of hydrogen-bond acceptors (Lipinski definition) is 3. The van der Waals surface area contributed by atoms with Crippen molar-refractivity contribution in [1.29, 1.82) is 0 Å². The second kappa shape index (κ2) is 8.55. The number of nitrogens with one attached hydrogen (secondary N) is 2. The third-order valence-electron chi connectivity index (χ3n) is 3.63. The van der Waals surface area contributed by atoms with E-state index in [-0.39, 0.29) is 17.7 Å². The van der Waals surface area contributed by atoms with Gasteiger partial charge in [0.15, 0.2) is 0 Å². The number of aliphatic carboxylic acids is 1. The Balaban J connectivity index is 2.35. The fourth-order valence-corrected chi connectivity index (χ4v) is 2.48. The zero-order valence-corrected chi connectivity index (χ0v) is 12.0. The lowest BCUT2D eigenvalue weighted by Crippen LogP contribution is -2.44. The summed E-state index contributed by atoms with van der Waals surface area (Å²) in [4.78, 5) is 33.9. The quantitative estimate of drug-likeness (QED) is 0.609. The molecule has 6 heteroatoms. The first-order valence-corrected chi connectivity index (χ1v) is 7.28. The third-order valence-corrected chi connectivity index (χ3v) is 3.63. The van der Waals surface area contributed by atoms with Crippen molar-refractivity contribution in [3.05, 3.63) is 0 Å². The minimum Gasteiger partial charge on any atom is -0.480 e. The minimum absolute atomic E-state index is 0.0408. The van der Waals surface area contributed by atoms with E-state index >= 15 is 0 Å². The molecule has 1 fully saturated rings. The Bertz CT molecular complexity index is 351. The summed E-state index contributed by atoms with van der Waals surface area (Å²) in [6.45, 7) is 1.85. The van der Waals surface area contributed by atoms with Crippen molar-refractivity contribution in [3.63, 3.8) is 0 Å². The van der Waals surface area contributed by atoms with Crippen LogP contribution >= 0.6 is 0 Å². The SMILES string of the molecule is CC(=O)NCCC[C@H](NC(=O)C1CCCCC1)C(=O)O. The Morgan fingerprint density at radius 3 is 2.40 bits per heavy atom. The van der Waals surface area contributed by atoms with E-state index < -0.39 is 12.0 Å². The Morgan fingerprint density at radius 1 is 1.20 bits per heavy atom. The lowest BCUT2D eigenvalue weighted by atomic mass is 9.88. The van der Waals surface area contributed by atoms with E-state index in [1.807, 2.05) is 0 Å². The van der Waals surface area contributed by atoms with Crippen molar-refractivity contribution in [2.24, 2.45) is 5.92 Å². The second-order valence-corrected chi connectivity index (χ2v) is 5.36. The maximum absolute atomic E-state index is 12.0. The van der Waals surface area contributed by atoms with Crippen LogP contribution in [0.5, 0.6) is 0 Å². The number of rotatable bonds is 7. The van der Waals surface area contributed by atoms with Gasteiger partial charge in [0.1, 0.15) is 6.04 Å². The summed E-state index contributed by atoms with van der Waals surface area (Å²) < 4.78 is 0. The van der Waals surface area contributed by atoms with Gasteiger partial charge in [-0.3, -0.25) is 9.59 Å². The molecule has 0 aromatic carbocycles. The van der Waals surface area contributed by atoms with Gasteiger partial charge in [0.25, 0.3) is 0 Å². The normalized spacial score (nSPS) is 17.2. The van der Waals surface area contributed by atoms with Gasteiger partial charge in [0, 0.05) is 19.4 Å². The van der Waals surface area contributed by atoms with Crippen LogP contribution in [0.1, 0.15) is 51.9 Å². The fraction of sp³-hybridized carbons (Fsp3) is 0.786. The summed E-state index contributed by atoms with van der Waals surface area (Å²) in [7, 11) is 0. The monoisotopic (exact) mass is 284 g/mol. The zero-order valence-electron chi connectivity index (χ0n) is 12.0. The maximum atomic E-state index is 12.0. The minimum atomic E-state index is -1.02. The molecule has 6 nitrogen and oxygen atoms in total. The van der Waals surface area contributed by atoms with Gasteiger partial charge in [-0.2, -0.15) is 0 Å². The average molecular weight is 284 g/mol. The molecule has 1 rings (SSSR count). The van der Waals surface area contributed by atoms with Crippen molar-refractivity contribution in [2.75, 3.05) is 6.54 Å². The van der Waals surface area contributed by atoms with E-state index in [0.717, 1.165) is 32.1 Å². The summed E-state index contributed by atoms with van der Waals surface area (Å²) in [6, 6.07) is -0.863. The summed E-state index contributed by atoms with van der Waals surface area (Å²) in [5.41, 5.74) is 0. The molecular formula is C14H24N2O4. The summed E-state index contributed by atoms with van der Waals surface area (Å²) in [5, 5.41) is 14.4. The molecule has 1 saturated carbocycles. The second-order valence-electron chi connectivity index (χ2n) is 5.36. The standard InChI is InChI=1S/C14H24N2O4/c1-10(17)15-9-5-8-12(14(19)20)16-13(18)11-6-3-2-4-7-11/h11-12H,2-9H2,1H3,(H,15,17)(H,16,18)(H,19,20)/t12-/m0/s1. The molecule has 0 aromatic heterocycles. The van der Waals surface area contributed by atoms with Crippen molar-refractivity contribution in [1.82, 2.24) is 10.6 Å². The van der Waals surface area contributed by atoms with Gasteiger partial charge in [0.2, 0.25) is 11.8 Å². The van der Waals surface area contributed by atoms with E-state index in [9.17, 15) is 14.4 Å². The van der Waals surface area contributed by atoms with E-state index in [0.29, 0.717) is 19.4 Å². The number of amides is 2. The molecule has 20 heavy (non-hydrogen) atoms. The molecule has 1 atom stereocenters. The molecule has 0 heterocycles. The molecule has 1 aliphatic rings. The Labute approximate surface area is 119 Å². The van der Waals surface area contributed by atoms with Crippen LogP contribution in [0.4, 0.5) is 0 Å². The van der Waals surface area contributed by atoms with Crippen molar-refractivity contribution >= 4 is 17.8 Å². The largest absolute Gasteiger partial charge is 0.480 e. The lowest BCUT2D eigenvalue weighted by Gasteiger charge is -2.23. The third kappa shape index (κ3) is 6.04. The van der Waals surface area contributed by atoms with Crippen molar-refractivity contribution in [2.45, 2.75) is 57.9 Å². The molecule has 3 N–H and O–H groups in total. The highest BCUT2D eigenvalue weighted by atomic mass is 16.4. The summed E-state index contributed by atoms with van der Waals surface area (Å²) in [5.74, 6) is -1.34. The van der Waals surface area contributed by atoms with Crippen molar-refractivity contribution < 1.29 is 19.5 Å². The van der Waals surface area contributed by atoms with Gasteiger partial charge >= 0.3 is 5.97 Å². The Morgan fingerprint density at radius 2 is 1.85 bits per heavy atom. The summed E-state index contributed by atoms with van der Waals surface area (Å²) >= 11 is 0. The van der Waals surface area contributed by atoms with Crippen LogP contribution in [-0.4, -0.2) is 35.5 Å². The van der Waals surface area contributed by atoms with E-state index in [2.05, 4.69) is 10.6 Å². The number of carboxylic acid groups (broad SMARTS) is 1. The van der Waals surface area contributed by atoms with Gasteiger partial charge in [-0.1, -0.05) is 19.3 Å². The van der Waals surface area contributed by atoms with Crippen LogP contribution in [0.25, 0.3) is 0 Å². The van der Waals surface area contributed by atoms with Gasteiger partial charge < -0.3 is 15.7 Å². The molecule has 114 valence electrons. The summed E-state index contributed by atoms with van der Waals surface area (Å²) in [6.07, 6.45) is 5.79. The van der Waals surface area contributed by atoms with Gasteiger partial charge in [-0.05, 0) is 25.7 Å². The van der Waals surface area contributed by atoms with Crippen LogP contribution in [0, 0.1) is 5.92 Å². The lowest BCUT2D eigenvalue weighted by molar-refractivity contribution is -0.142. The average Bonchev–Trinajstić information content (AvgIpc) is 2.42. The van der Waals surface area contributed by atoms with E-state index in [4.69, 9.17) is 5.11 Å².